The number of quaternary nitrogens is 1. The molecule has 0 aliphatic heterocycles. The first kappa shape index (κ1) is 54.2. The monoisotopic (exact) mass is 821 g/mol. The van der Waals surface area contributed by atoms with Gasteiger partial charge in [0, 0.05) is 12.8 Å². The summed E-state index contributed by atoms with van der Waals surface area (Å²) in [7, 11) is 1.38. The van der Waals surface area contributed by atoms with Gasteiger partial charge in [0.25, 0.3) is 0 Å². The molecule has 0 aromatic carbocycles. The number of phosphoric acid groups is 1. The first-order valence-corrected chi connectivity index (χ1v) is 22.9. The summed E-state index contributed by atoms with van der Waals surface area (Å²) in [6.07, 6.45) is 43.9. The molecular weight excluding hydrogens is 741 g/mol. The van der Waals surface area contributed by atoms with Crippen molar-refractivity contribution in [3.8, 4) is 0 Å². The second-order valence-electron chi connectivity index (χ2n) is 15.2. The van der Waals surface area contributed by atoms with Gasteiger partial charge in [-0.25, -0.2) is 4.57 Å². The number of esters is 2. The Bertz CT molecular complexity index is 1260. The summed E-state index contributed by atoms with van der Waals surface area (Å²) in [5.74, 6) is -0.946. The van der Waals surface area contributed by atoms with Gasteiger partial charge >= 0.3 is 19.8 Å². The molecule has 0 spiro atoms. The van der Waals surface area contributed by atoms with E-state index in [1.807, 2.05) is 69.8 Å². The lowest BCUT2D eigenvalue weighted by molar-refractivity contribution is -0.870. The largest absolute Gasteiger partial charge is 0.472 e. The highest BCUT2D eigenvalue weighted by molar-refractivity contribution is 7.47. The number of rotatable bonds is 37. The molecule has 10 nitrogen and oxygen atoms in total. The molecule has 0 aliphatic rings. The van der Waals surface area contributed by atoms with Gasteiger partial charge in [-0.3, -0.25) is 18.6 Å². The van der Waals surface area contributed by atoms with E-state index < -0.39 is 38.6 Å². The van der Waals surface area contributed by atoms with Crippen molar-refractivity contribution in [3.05, 3.63) is 85.1 Å². The molecule has 0 radical (unpaired) electrons. The van der Waals surface area contributed by atoms with Crippen LogP contribution in [-0.4, -0.2) is 86.1 Å². The van der Waals surface area contributed by atoms with Gasteiger partial charge in [-0.05, 0) is 70.6 Å². The molecule has 0 aliphatic carbocycles. The normalized spacial score (nSPS) is 15.0. The van der Waals surface area contributed by atoms with E-state index in [0.29, 0.717) is 36.7 Å². The maximum Gasteiger partial charge on any atom is 0.472 e. The van der Waals surface area contributed by atoms with Crippen molar-refractivity contribution in [2.45, 2.75) is 148 Å². The first-order valence-electron chi connectivity index (χ1n) is 21.4. The second-order valence-corrected chi connectivity index (χ2v) is 16.6. The lowest BCUT2D eigenvalue weighted by Gasteiger charge is -2.24. The van der Waals surface area contributed by atoms with Gasteiger partial charge in [-0.2, -0.15) is 0 Å². The minimum atomic E-state index is -4.41. The molecule has 3 atom stereocenters. The zero-order valence-corrected chi connectivity index (χ0v) is 37.0. The fourth-order valence-corrected chi connectivity index (χ4v) is 5.86. The summed E-state index contributed by atoms with van der Waals surface area (Å²) in [6.45, 7) is 4.08. The zero-order valence-electron chi connectivity index (χ0n) is 36.1. The van der Waals surface area contributed by atoms with Crippen molar-refractivity contribution in [1.29, 1.82) is 0 Å². The lowest BCUT2D eigenvalue weighted by atomic mass is 10.1. The Morgan fingerprint density at radius 2 is 1.25 bits per heavy atom. The van der Waals surface area contributed by atoms with Crippen molar-refractivity contribution in [2.24, 2.45) is 0 Å². The van der Waals surface area contributed by atoms with Crippen LogP contribution in [0, 0.1) is 0 Å². The maximum atomic E-state index is 12.6. The zero-order chi connectivity index (χ0) is 42.3. The minimum Gasteiger partial charge on any atom is -0.462 e. The standard InChI is InChI=1S/C46H78NO9P/c1-6-8-10-12-14-15-16-17-18-22-25-29-33-37-45(49)53-41-44(42-55-57(51,52)54-40-39-47(3,4)5)56-46(50)38-34-30-26-23-20-19-21-24-28-32-36-43(48)35-31-27-13-11-9-7-2/h9,11,15-16,19-20,24,26-28,30-32,36,43-44,48H,6-8,10,12-14,17-18,21-23,25,29,33-35,37-42H2,1-5H3/p+1/b11-9-,16-15-,20-19-,28-24-,30-26-,31-27-,36-32+/t43?,44-/m1/s1. The number of likely N-dealkylation sites (N-methyl/N-ethyl adjacent to an activating group) is 1. The van der Waals surface area contributed by atoms with E-state index in [2.05, 4.69) is 44.2 Å². The number of aliphatic hydroxyl groups is 1. The number of hydrogen-bond acceptors (Lipinski definition) is 8. The van der Waals surface area contributed by atoms with Gasteiger partial charge in [-0.15, -0.1) is 0 Å². The number of unbranched alkanes of at least 4 members (excludes halogenated alkanes) is 9. The van der Waals surface area contributed by atoms with Crippen LogP contribution in [0.2, 0.25) is 0 Å². The lowest BCUT2D eigenvalue weighted by Crippen LogP contribution is -2.37. The van der Waals surface area contributed by atoms with Gasteiger partial charge in [0.1, 0.15) is 19.8 Å². The van der Waals surface area contributed by atoms with Gasteiger partial charge in [0.05, 0.1) is 33.9 Å². The van der Waals surface area contributed by atoms with Gasteiger partial charge < -0.3 is 24.0 Å². The molecule has 0 saturated carbocycles. The third kappa shape index (κ3) is 41.1. The van der Waals surface area contributed by atoms with E-state index in [9.17, 15) is 24.2 Å². The van der Waals surface area contributed by atoms with Crippen LogP contribution >= 0.6 is 7.82 Å². The Morgan fingerprint density at radius 1 is 0.649 bits per heavy atom. The molecular formula is C46H79NO9P+. The molecule has 11 heteroatoms. The molecule has 57 heavy (non-hydrogen) atoms. The smallest absolute Gasteiger partial charge is 0.462 e. The number of carbonyl (C=O) groups is 2. The van der Waals surface area contributed by atoms with Crippen LogP contribution in [0.25, 0.3) is 0 Å². The van der Waals surface area contributed by atoms with Gasteiger partial charge in [0.2, 0.25) is 0 Å². The Kier molecular flexibility index (Phi) is 35.6. The third-order valence-electron chi connectivity index (χ3n) is 8.50. The SMILES string of the molecule is CC/C=C\C/C=C\CC(O)/C=C/C=C\C/C=C\C/C=C\CCC(=O)O[C@H](COC(=O)CCCCCCC/C=C\CCCCCC)COP(=O)(O)OCC[N+](C)(C)C. The van der Waals surface area contributed by atoms with E-state index in [-0.39, 0.29) is 26.1 Å². The molecule has 0 aromatic heterocycles. The van der Waals surface area contributed by atoms with Crippen LogP contribution in [0.1, 0.15) is 136 Å². The Morgan fingerprint density at radius 3 is 1.93 bits per heavy atom. The average molecular weight is 821 g/mol. The van der Waals surface area contributed by atoms with Crippen LogP contribution in [0.15, 0.2) is 85.1 Å². The molecule has 2 unspecified atom stereocenters. The predicted molar refractivity (Wildman–Crippen MR) is 235 cm³/mol. The molecule has 0 rings (SSSR count). The van der Waals surface area contributed by atoms with Crippen LogP contribution < -0.4 is 0 Å². The quantitative estimate of drug-likeness (QED) is 0.0157. The van der Waals surface area contributed by atoms with Crippen LogP contribution in [0.3, 0.4) is 0 Å². The summed E-state index contributed by atoms with van der Waals surface area (Å²) in [6, 6.07) is 0. The highest BCUT2D eigenvalue weighted by Gasteiger charge is 2.27. The summed E-state index contributed by atoms with van der Waals surface area (Å²) < 4.78 is 34.1. The van der Waals surface area contributed by atoms with E-state index in [1.165, 1.54) is 25.7 Å². The molecule has 2 N–H and O–H groups in total. The first-order chi connectivity index (χ1) is 27.4. The number of phosphoric ester groups is 1. The summed E-state index contributed by atoms with van der Waals surface area (Å²) in [4.78, 5) is 35.3. The number of hydrogen-bond donors (Lipinski definition) is 2. The molecule has 0 saturated heterocycles. The minimum absolute atomic E-state index is 0.00323. The highest BCUT2D eigenvalue weighted by Crippen LogP contribution is 2.43. The van der Waals surface area contributed by atoms with Crippen LogP contribution in [0.5, 0.6) is 0 Å². The molecule has 0 heterocycles. The third-order valence-corrected chi connectivity index (χ3v) is 9.49. The number of nitrogens with zero attached hydrogens (tertiary/aromatic N) is 1. The molecule has 0 bridgehead atoms. The van der Waals surface area contributed by atoms with Crippen molar-refractivity contribution < 1.29 is 47.2 Å². The average Bonchev–Trinajstić information content (AvgIpc) is 3.15. The number of carbonyl (C=O) groups excluding carboxylic acids is 2. The van der Waals surface area contributed by atoms with Crippen molar-refractivity contribution in [3.63, 3.8) is 0 Å². The Hall–Kier alpha value is -2.85. The number of ether oxygens (including phenoxy) is 2. The second kappa shape index (κ2) is 37.4. The summed E-state index contributed by atoms with van der Waals surface area (Å²) in [5.41, 5.74) is 0. The highest BCUT2D eigenvalue weighted by atomic mass is 31.2. The molecule has 0 amide bonds. The van der Waals surface area contributed by atoms with E-state index in [4.69, 9.17) is 18.5 Å². The summed E-state index contributed by atoms with van der Waals surface area (Å²) in [5, 5.41) is 10.0. The van der Waals surface area contributed by atoms with Crippen molar-refractivity contribution in [2.75, 3.05) is 47.5 Å². The van der Waals surface area contributed by atoms with Crippen molar-refractivity contribution >= 4 is 19.8 Å². The predicted octanol–water partition coefficient (Wildman–Crippen LogP) is 11.0. The Labute approximate surface area is 346 Å². The van der Waals surface area contributed by atoms with E-state index in [1.54, 1.807) is 6.08 Å². The van der Waals surface area contributed by atoms with Crippen LogP contribution in [0.4, 0.5) is 0 Å². The fraction of sp³-hybridized carbons (Fsp3) is 0.652. The topological polar surface area (TPSA) is 129 Å². The molecule has 0 fully saturated rings. The number of aliphatic hydroxyl groups excluding tert-OH is 1. The van der Waals surface area contributed by atoms with Crippen LogP contribution in [-0.2, 0) is 32.7 Å². The Balaban J connectivity index is 4.60. The number of allylic oxidation sites excluding steroid dienone is 12. The van der Waals surface area contributed by atoms with Gasteiger partial charge in [0.15, 0.2) is 6.10 Å². The molecule has 326 valence electrons. The maximum absolute atomic E-state index is 12.6. The van der Waals surface area contributed by atoms with E-state index in [0.717, 1.165) is 57.8 Å². The van der Waals surface area contributed by atoms with Crippen molar-refractivity contribution in [1.82, 2.24) is 0 Å². The fourth-order valence-electron chi connectivity index (χ4n) is 5.12. The van der Waals surface area contributed by atoms with E-state index >= 15 is 0 Å². The summed E-state index contributed by atoms with van der Waals surface area (Å²) >= 11 is 0. The molecule has 0 aromatic rings. The van der Waals surface area contributed by atoms with Gasteiger partial charge in [-0.1, -0.05) is 137 Å².